The standard InChI is InChI=1S/C18H21FN2/c1-13(20)18-16(19)9-4-10-17(18)21-11-5-8-14-6-2-3-7-15(14)12-21/h2-4,6-7,9-10,13H,5,8,11-12,20H2,1H3/t13-/m1/s1. The lowest BCUT2D eigenvalue weighted by atomic mass is 10.0. The fourth-order valence-corrected chi connectivity index (χ4v) is 3.16. The molecule has 0 saturated heterocycles. The number of anilines is 1. The largest absolute Gasteiger partial charge is 0.367 e. The summed E-state index contributed by atoms with van der Waals surface area (Å²) in [5.74, 6) is -0.208. The van der Waals surface area contributed by atoms with Crippen molar-refractivity contribution >= 4 is 5.69 Å². The van der Waals surface area contributed by atoms with Gasteiger partial charge < -0.3 is 10.6 Å². The molecule has 3 rings (SSSR count). The molecule has 0 spiro atoms. The average molecular weight is 284 g/mol. The van der Waals surface area contributed by atoms with Crippen LogP contribution in [0.25, 0.3) is 0 Å². The molecular weight excluding hydrogens is 263 g/mol. The summed E-state index contributed by atoms with van der Waals surface area (Å²) < 4.78 is 14.1. The quantitative estimate of drug-likeness (QED) is 0.909. The van der Waals surface area contributed by atoms with Crippen LogP contribution in [-0.2, 0) is 13.0 Å². The number of benzene rings is 2. The topological polar surface area (TPSA) is 29.3 Å². The van der Waals surface area contributed by atoms with E-state index in [1.807, 2.05) is 13.0 Å². The van der Waals surface area contributed by atoms with Crippen LogP contribution in [0.5, 0.6) is 0 Å². The van der Waals surface area contributed by atoms with E-state index in [0.717, 1.165) is 31.6 Å². The van der Waals surface area contributed by atoms with E-state index >= 15 is 0 Å². The molecule has 2 nitrogen and oxygen atoms in total. The van der Waals surface area contributed by atoms with Gasteiger partial charge in [-0.25, -0.2) is 4.39 Å². The molecule has 0 aromatic heterocycles. The van der Waals surface area contributed by atoms with Crippen molar-refractivity contribution in [3.8, 4) is 0 Å². The van der Waals surface area contributed by atoms with Gasteiger partial charge in [0.15, 0.2) is 0 Å². The number of fused-ring (bicyclic) bond motifs is 1. The Hall–Kier alpha value is -1.87. The normalized spacial score (nSPS) is 16.2. The third-order valence-electron chi connectivity index (χ3n) is 4.18. The van der Waals surface area contributed by atoms with Crippen LogP contribution < -0.4 is 10.6 Å². The minimum atomic E-state index is -0.306. The number of hydrogen-bond donors (Lipinski definition) is 1. The van der Waals surface area contributed by atoms with E-state index in [-0.39, 0.29) is 11.9 Å². The van der Waals surface area contributed by atoms with Gasteiger partial charge in [-0.1, -0.05) is 30.3 Å². The minimum absolute atomic E-state index is 0.208. The molecule has 0 aliphatic carbocycles. The van der Waals surface area contributed by atoms with Gasteiger partial charge in [0.25, 0.3) is 0 Å². The highest BCUT2D eigenvalue weighted by Gasteiger charge is 2.20. The summed E-state index contributed by atoms with van der Waals surface area (Å²) in [5.41, 5.74) is 10.3. The van der Waals surface area contributed by atoms with E-state index in [0.29, 0.717) is 5.56 Å². The second kappa shape index (κ2) is 5.86. The SMILES string of the molecule is C[C@@H](N)c1c(F)cccc1N1CCCc2ccccc2C1. The van der Waals surface area contributed by atoms with Gasteiger partial charge in [-0.15, -0.1) is 0 Å². The van der Waals surface area contributed by atoms with E-state index < -0.39 is 0 Å². The van der Waals surface area contributed by atoms with Crippen LogP contribution >= 0.6 is 0 Å². The van der Waals surface area contributed by atoms with Crippen LogP contribution in [0.2, 0.25) is 0 Å². The maximum atomic E-state index is 14.1. The zero-order valence-corrected chi connectivity index (χ0v) is 12.3. The van der Waals surface area contributed by atoms with Crippen molar-refractivity contribution < 1.29 is 4.39 Å². The molecule has 2 aromatic carbocycles. The highest BCUT2D eigenvalue weighted by atomic mass is 19.1. The molecule has 0 unspecified atom stereocenters. The Labute approximate surface area is 125 Å². The van der Waals surface area contributed by atoms with Crippen molar-refractivity contribution in [3.63, 3.8) is 0 Å². The first-order valence-corrected chi connectivity index (χ1v) is 7.52. The lowest BCUT2D eigenvalue weighted by Crippen LogP contribution is -2.25. The van der Waals surface area contributed by atoms with E-state index in [1.165, 1.54) is 17.2 Å². The third-order valence-corrected chi connectivity index (χ3v) is 4.18. The van der Waals surface area contributed by atoms with Gasteiger partial charge in [0.1, 0.15) is 5.82 Å². The molecule has 1 aliphatic heterocycles. The number of nitrogens with zero attached hydrogens (tertiary/aromatic N) is 1. The molecule has 1 heterocycles. The molecule has 0 radical (unpaired) electrons. The first-order valence-electron chi connectivity index (χ1n) is 7.52. The van der Waals surface area contributed by atoms with Gasteiger partial charge in [0.2, 0.25) is 0 Å². The average Bonchev–Trinajstić information content (AvgIpc) is 2.68. The lowest BCUT2D eigenvalue weighted by molar-refractivity contribution is 0.590. The van der Waals surface area contributed by atoms with Gasteiger partial charge >= 0.3 is 0 Å². The Kier molecular flexibility index (Phi) is 3.93. The number of nitrogens with two attached hydrogens (primary N) is 1. The van der Waals surface area contributed by atoms with Gasteiger partial charge in [-0.3, -0.25) is 0 Å². The summed E-state index contributed by atoms with van der Waals surface area (Å²) in [4.78, 5) is 2.26. The predicted octanol–water partition coefficient (Wildman–Crippen LogP) is 3.80. The van der Waals surface area contributed by atoms with E-state index in [1.54, 1.807) is 6.07 Å². The molecule has 2 N–H and O–H groups in total. The van der Waals surface area contributed by atoms with Gasteiger partial charge in [-0.2, -0.15) is 0 Å². The Bertz CT molecular complexity index is 637. The Morgan fingerprint density at radius 1 is 1.10 bits per heavy atom. The number of hydrogen-bond acceptors (Lipinski definition) is 2. The van der Waals surface area contributed by atoms with Crippen LogP contribution in [0.4, 0.5) is 10.1 Å². The van der Waals surface area contributed by atoms with Gasteiger partial charge in [0, 0.05) is 30.4 Å². The second-order valence-corrected chi connectivity index (χ2v) is 5.76. The number of rotatable bonds is 2. The third kappa shape index (κ3) is 2.79. The minimum Gasteiger partial charge on any atom is -0.367 e. The summed E-state index contributed by atoms with van der Waals surface area (Å²) in [6, 6.07) is 13.5. The molecule has 0 fully saturated rings. The van der Waals surface area contributed by atoms with Crippen LogP contribution in [-0.4, -0.2) is 6.54 Å². The summed E-state index contributed by atoms with van der Waals surface area (Å²) in [5, 5.41) is 0. The summed E-state index contributed by atoms with van der Waals surface area (Å²) in [6.45, 7) is 3.59. The molecule has 0 amide bonds. The van der Waals surface area contributed by atoms with Crippen LogP contribution in [0, 0.1) is 5.82 Å². The fourth-order valence-electron chi connectivity index (χ4n) is 3.16. The lowest BCUT2D eigenvalue weighted by Gasteiger charge is -2.27. The van der Waals surface area contributed by atoms with E-state index in [9.17, 15) is 4.39 Å². The van der Waals surface area contributed by atoms with Crippen LogP contribution in [0.1, 0.15) is 36.1 Å². The Balaban J connectivity index is 2.00. The Morgan fingerprint density at radius 2 is 1.86 bits per heavy atom. The zero-order valence-electron chi connectivity index (χ0n) is 12.3. The van der Waals surface area contributed by atoms with Crippen molar-refractivity contribution in [2.24, 2.45) is 5.73 Å². The summed E-state index contributed by atoms with van der Waals surface area (Å²) in [6.07, 6.45) is 2.15. The molecule has 21 heavy (non-hydrogen) atoms. The highest BCUT2D eigenvalue weighted by Crippen LogP contribution is 2.31. The van der Waals surface area contributed by atoms with Crippen molar-refractivity contribution in [1.82, 2.24) is 0 Å². The number of aryl methyl sites for hydroxylation is 1. The smallest absolute Gasteiger partial charge is 0.130 e. The first-order chi connectivity index (χ1) is 10.2. The van der Waals surface area contributed by atoms with Crippen LogP contribution in [0.15, 0.2) is 42.5 Å². The zero-order chi connectivity index (χ0) is 14.8. The molecule has 0 saturated carbocycles. The van der Waals surface area contributed by atoms with E-state index in [4.69, 9.17) is 5.73 Å². The maximum Gasteiger partial charge on any atom is 0.130 e. The highest BCUT2D eigenvalue weighted by molar-refractivity contribution is 5.56. The molecule has 3 heteroatoms. The van der Waals surface area contributed by atoms with Gasteiger partial charge in [-0.05, 0) is 43.0 Å². The maximum absolute atomic E-state index is 14.1. The van der Waals surface area contributed by atoms with Crippen molar-refractivity contribution in [2.75, 3.05) is 11.4 Å². The fraction of sp³-hybridized carbons (Fsp3) is 0.333. The molecule has 1 aliphatic rings. The van der Waals surface area contributed by atoms with Crippen LogP contribution in [0.3, 0.4) is 0 Å². The first kappa shape index (κ1) is 14.1. The summed E-state index contributed by atoms with van der Waals surface area (Å²) in [7, 11) is 0. The second-order valence-electron chi connectivity index (χ2n) is 5.76. The van der Waals surface area contributed by atoms with Crippen molar-refractivity contribution in [2.45, 2.75) is 32.4 Å². The predicted molar refractivity (Wildman–Crippen MR) is 84.8 cm³/mol. The molecule has 110 valence electrons. The van der Waals surface area contributed by atoms with Crippen molar-refractivity contribution in [3.05, 3.63) is 65.0 Å². The van der Waals surface area contributed by atoms with E-state index in [2.05, 4.69) is 29.2 Å². The Morgan fingerprint density at radius 3 is 2.62 bits per heavy atom. The summed E-state index contributed by atoms with van der Waals surface area (Å²) >= 11 is 0. The molecule has 2 aromatic rings. The monoisotopic (exact) mass is 284 g/mol. The number of halogens is 1. The molecule has 1 atom stereocenters. The van der Waals surface area contributed by atoms with Crippen molar-refractivity contribution in [1.29, 1.82) is 0 Å². The van der Waals surface area contributed by atoms with Gasteiger partial charge in [0.05, 0.1) is 0 Å². The molecule has 0 bridgehead atoms. The molecular formula is C18H21FN2.